The van der Waals surface area contributed by atoms with E-state index in [2.05, 4.69) is 6.07 Å². The van der Waals surface area contributed by atoms with Crippen molar-refractivity contribution in [3.63, 3.8) is 0 Å². The maximum absolute atomic E-state index is 11.2. The number of hydrogen-bond donors (Lipinski definition) is 1. The normalized spacial score (nSPS) is 15.4. The SMILES string of the molecule is O=C(O)c1ccc(COC(c2c3ccccc3nn2-c2ccc(Cl)cc2)C2CCCCC2)cc1. The molecule has 1 aromatic heterocycles. The highest BCUT2D eigenvalue weighted by Gasteiger charge is 2.31. The first-order chi connectivity index (χ1) is 16.6. The molecular weight excluding hydrogens is 448 g/mol. The predicted octanol–water partition coefficient (Wildman–Crippen LogP) is 7.22. The number of ether oxygens (including phenoxy) is 1. The second-order valence-corrected chi connectivity index (χ2v) is 9.36. The van der Waals surface area contributed by atoms with Crippen LogP contribution in [0.1, 0.15) is 59.8 Å². The van der Waals surface area contributed by atoms with Gasteiger partial charge < -0.3 is 9.84 Å². The van der Waals surface area contributed by atoms with Gasteiger partial charge in [0.05, 0.1) is 29.1 Å². The summed E-state index contributed by atoms with van der Waals surface area (Å²) in [5, 5.41) is 15.9. The fourth-order valence-corrected chi connectivity index (χ4v) is 5.04. The molecule has 174 valence electrons. The molecule has 0 spiro atoms. The first-order valence-electron chi connectivity index (χ1n) is 11.8. The number of hydrogen-bond acceptors (Lipinski definition) is 3. The number of carbonyl (C=O) groups is 1. The van der Waals surface area contributed by atoms with Crippen molar-refractivity contribution in [2.24, 2.45) is 5.92 Å². The second-order valence-electron chi connectivity index (χ2n) is 8.92. The van der Waals surface area contributed by atoms with E-state index in [1.165, 1.54) is 19.3 Å². The number of halogens is 1. The zero-order valence-electron chi connectivity index (χ0n) is 18.9. The van der Waals surface area contributed by atoms with Crippen LogP contribution in [0.5, 0.6) is 0 Å². The Kier molecular flexibility index (Phi) is 6.66. The van der Waals surface area contributed by atoms with E-state index >= 15 is 0 Å². The molecule has 3 aromatic carbocycles. The largest absolute Gasteiger partial charge is 0.478 e. The van der Waals surface area contributed by atoms with E-state index in [4.69, 9.17) is 21.4 Å². The van der Waals surface area contributed by atoms with Gasteiger partial charge in [-0.1, -0.05) is 61.2 Å². The summed E-state index contributed by atoms with van der Waals surface area (Å²) < 4.78 is 8.68. The Labute approximate surface area is 203 Å². The van der Waals surface area contributed by atoms with E-state index in [0.717, 1.165) is 40.7 Å². The molecule has 6 heteroatoms. The molecule has 1 aliphatic carbocycles. The van der Waals surface area contributed by atoms with Gasteiger partial charge in [0.2, 0.25) is 0 Å². The Balaban J connectivity index is 1.55. The van der Waals surface area contributed by atoms with Crippen LogP contribution in [0.4, 0.5) is 0 Å². The fourth-order valence-electron chi connectivity index (χ4n) is 4.91. The Morgan fingerprint density at radius 3 is 2.41 bits per heavy atom. The molecule has 5 nitrogen and oxygen atoms in total. The van der Waals surface area contributed by atoms with Crippen LogP contribution in [-0.2, 0) is 11.3 Å². The fraction of sp³-hybridized carbons (Fsp3) is 0.286. The van der Waals surface area contributed by atoms with Gasteiger partial charge in [0.15, 0.2) is 0 Å². The number of aromatic carboxylic acids is 1. The second kappa shape index (κ2) is 10.00. The molecule has 1 fully saturated rings. The molecule has 0 radical (unpaired) electrons. The molecule has 1 unspecified atom stereocenters. The highest BCUT2D eigenvalue weighted by atomic mass is 35.5. The minimum atomic E-state index is -0.925. The monoisotopic (exact) mass is 474 g/mol. The van der Waals surface area contributed by atoms with Crippen molar-refractivity contribution >= 4 is 28.5 Å². The number of carboxylic acids is 1. The Hall–Kier alpha value is -3.15. The number of fused-ring (bicyclic) bond motifs is 1. The van der Waals surface area contributed by atoms with Crippen LogP contribution < -0.4 is 0 Å². The van der Waals surface area contributed by atoms with Crippen LogP contribution >= 0.6 is 11.6 Å². The number of benzene rings is 3. The highest BCUT2D eigenvalue weighted by molar-refractivity contribution is 6.30. The van der Waals surface area contributed by atoms with E-state index in [1.54, 1.807) is 12.1 Å². The van der Waals surface area contributed by atoms with Crippen molar-refractivity contribution in [2.75, 3.05) is 0 Å². The van der Waals surface area contributed by atoms with Crippen molar-refractivity contribution in [3.8, 4) is 5.69 Å². The van der Waals surface area contributed by atoms with Gasteiger partial charge in [-0.3, -0.25) is 0 Å². The van der Waals surface area contributed by atoms with Crippen molar-refractivity contribution in [2.45, 2.75) is 44.8 Å². The van der Waals surface area contributed by atoms with Crippen LogP contribution in [-0.4, -0.2) is 20.9 Å². The molecule has 34 heavy (non-hydrogen) atoms. The molecule has 1 atom stereocenters. The lowest BCUT2D eigenvalue weighted by molar-refractivity contribution is -0.0155. The molecule has 1 aliphatic rings. The summed E-state index contributed by atoms with van der Waals surface area (Å²) in [6, 6.07) is 22.9. The van der Waals surface area contributed by atoms with E-state index in [9.17, 15) is 9.90 Å². The van der Waals surface area contributed by atoms with E-state index < -0.39 is 5.97 Å². The smallest absolute Gasteiger partial charge is 0.335 e. The van der Waals surface area contributed by atoms with Crippen LogP contribution in [0, 0.1) is 5.92 Å². The van der Waals surface area contributed by atoms with Crippen LogP contribution in [0.3, 0.4) is 0 Å². The summed E-state index contributed by atoms with van der Waals surface area (Å²) in [5.41, 5.74) is 4.17. The van der Waals surface area contributed by atoms with Gasteiger partial charge >= 0.3 is 5.97 Å². The highest BCUT2D eigenvalue weighted by Crippen LogP contribution is 2.41. The Bertz CT molecular complexity index is 1280. The summed E-state index contributed by atoms with van der Waals surface area (Å²) >= 11 is 6.16. The maximum Gasteiger partial charge on any atom is 0.335 e. The number of nitrogens with zero attached hydrogens (tertiary/aromatic N) is 2. The third-order valence-electron chi connectivity index (χ3n) is 6.67. The van der Waals surface area contributed by atoms with Crippen molar-refractivity contribution in [3.05, 3.63) is 94.6 Å². The van der Waals surface area contributed by atoms with Gasteiger partial charge in [-0.15, -0.1) is 0 Å². The first-order valence-corrected chi connectivity index (χ1v) is 12.2. The minimum Gasteiger partial charge on any atom is -0.478 e. The minimum absolute atomic E-state index is 0.137. The molecule has 0 saturated heterocycles. The van der Waals surface area contributed by atoms with Crippen LogP contribution in [0.25, 0.3) is 16.6 Å². The average molecular weight is 475 g/mol. The first kappa shape index (κ1) is 22.6. The molecule has 1 N–H and O–H groups in total. The lowest BCUT2D eigenvalue weighted by Gasteiger charge is -2.31. The van der Waals surface area contributed by atoms with E-state index in [1.807, 2.05) is 59.3 Å². The molecule has 1 heterocycles. The third-order valence-corrected chi connectivity index (χ3v) is 6.92. The van der Waals surface area contributed by atoms with Crippen LogP contribution in [0.15, 0.2) is 72.8 Å². The summed E-state index contributed by atoms with van der Waals surface area (Å²) in [4.78, 5) is 11.2. The Morgan fingerprint density at radius 1 is 1.00 bits per heavy atom. The molecule has 0 bridgehead atoms. The predicted molar refractivity (Wildman–Crippen MR) is 134 cm³/mol. The molecule has 4 aromatic rings. The zero-order chi connectivity index (χ0) is 23.5. The lowest BCUT2D eigenvalue weighted by Crippen LogP contribution is -2.22. The van der Waals surface area contributed by atoms with Gasteiger partial charge in [0, 0.05) is 10.4 Å². The van der Waals surface area contributed by atoms with Gasteiger partial charge in [-0.05, 0) is 66.8 Å². The van der Waals surface area contributed by atoms with Gasteiger partial charge in [-0.2, -0.15) is 5.10 Å². The van der Waals surface area contributed by atoms with Gasteiger partial charge in [0.1, 0.15) is 6.10 Å². The average Bonchev–Trinajstić information content (AvgIpc) is 3.25. The van der Waals surface area contributed by atoms with Gasteiger partial charge in [-0.25, -0.2) is 9.48 Å². The lowest BCUT2D eigenvalue weighted by atomic mass is 9.83. The van der Waals surface area contributed by atoms with E-state index in [-0.39, 0.29) is 11.7 Å². The number of rotatable bonds is 7. The molecular formula is C28H27ClN2O3. The van der Waals surface area contributed by atoms with Gasteiger partial charge in [0.25, 0.3) is 0 Å². The Morgan fingerprint density at radius 2 is 1.71 bits per heavy atom. The third kappa shape index (κ3) is 4.72. The van der Waals surface area contributed by atoms with E-state index in [0.29, 0.717) is 17.5 Å². The number of carboxylic acid groups (broad SMARTS) is 1. The molecule has 0 amide bonds. The molecule has 1 saturated carbocycles. The zero-order valence-corrected chi connectivity index (χ0v) is 19.6. The standard InChI is InChI=1S/C28H27ClN2O3/c29-22-14-16-23(17-15-22)31-26(24-8-4-5-9-25(24)30-31)27(20-6-2-1-3-7-20)34-18-19-10-12-21(13-11-19)28(32)33/h4-5,8-17,20,27H,1-3,6-7,18H2,(H,32,33). The van der Waals surface area contributed by atoms with Crippen molar-refractivity contribution in [1.82, 2.24) is 9.78 Å². The number of aromatic nitrogens is 2. The summed E-state index contributed by atoms with van der Waals surface area (Å²) in [5.74, 6) is -0.538. The summed E-state index contributed by atoms with van der Waals surface area (Å²) in [6.07, 6.45) is 5.75. The molecule has 0 aliphatic heterocycles. The maximum atomic E-state index is 11.2. The summed E-state index contributed by atoms with van der Waals surface area (Å²) in [6.45, 7) is 0.404. The topological polar surface area (TPSA) is 64.3 Å². The van der Waals surface area contributed by atoms with Crippen molar-refractivity contribution < 1.29 is 14.6 Å². The van der Waals surface area contributed by atoms with Crippen molar-refractivity contribution in [1.29, 1.82) is 0 Å². The summed E-state index contributed by atoms with van der Waals surface area (Å²) in [7, 11) is 0. The quantitative estimate of drug-likeness (QED) is 0.307. The van der Waals surface area contributed by atoms with Crippen LogP contribution in [0.2, 0.25) is 5.02 Å². The molecule has 5 rings (SSSR count).